The second kappa shape index (κ2) is 6.66. The summed E-state index contributed by atoms with van der Waals surface area (Å²) in [6.45, 7) is 2.37. The number of methoxy groups -OCH3 is 2. The van der Waals surface area contributed by atoms with E-state index in [4.69, 9.17) is 14.2 Å². The molecule has 0 N–H and O–H groups in total. The number of carbonyl (C=O) groups excluding carboxylic acids is 1. The molecule has 1 aromatic heterocycles. The van der Waals surface area contributed by atoms with E-state index in [1.165, 1.54) is 11.7 Å². The number of rotatable bonds is 4. The van der Waals surface area contributed by atoms with Crippen molar-refractivity contribution in [3.63, 3.8) is 0 Å². The van der Waals surface area contributed by atoms with Crippen LogP contribution in [-0.2, 0) is 11.3 Å². The van der Waals surface area contributed by atoms with Gasteiger partial charge in [-0.15, -0.1) is 0 Å². The van der Waals surface area contributed by atoms with Crippen molar-refractivity contribution >= 4 is 17.0 Å². The summed E-state index contributed by atoms with van der Waals surface area (Å²) in [5.41, 5.74) is 2.71. The van der Waals surface area contributed by atoms with Crippen molar-refractivity contribution in [2.45, 2.75) is 13.5 Å². The quantitative estimate of drug-likeness (QED) is 0.723. The Labute approximate surface area is 140 Å². The Balaban J connectivity index is 2.01. The van der Waals surface area contributed by atoms with Crippen molar-refractivity contribution in [1.29, 1.82) is 0 Å². The highest BCUT2D eigenvalue weighted by Gasteiger charge is 2.18. The van der Waals surface area contributed by atoms with Crippen molar-refractivity contribution in [3.05, 3.63) is 59.8 Å². The van der Waals surface area contributed by atoms with E-state index in [9.17, 15) is 4.79 Å². The molecule has 1 heterocycles. The summed E-state index contributed by atoms with van der Waals surface area (Å²) in [7, 11) is 2.96. The number of hydrogen-bond acceptors (Lipinski definition) is 4. The van der Waals surface area contributed by atoms with E-state index in [0.717, 1.165) is 22.0 Å². The number of aryl methyl sites for hydroxylation is 1. The number of aromatic nitrogens is 1. The van der Waals surface area contributed by atoms with Crippen LogP contribution in [0.1, 0.15) is 11.1 Å². The standard InChI is InChI=1S/C19H19NO4/c1-13-11-20(19(21)23-3)15-9-10-16(18(22-2)17(13)15)24-12-14-7-5-4-6-8-14/h4-11H,12H2,1-3H3. The van der Waals surface area contributed by atoms with Crippen LogP contribution < -0.4 is 9.47 Å². The summed E-state index contributed by atoms with van der Waals surface area (Å²) in [6.07, 6.45) is 1.30. The van der Waals surface area contributed by atoms with E-state index in [2.05, 4.69) is 0 Å². The van der Waals surface area contributed by atoms with Gasteiger partial charge < -0.3 is 14.2 Å². The fourth-order valence-corrected chi connectivity index (χ4v) is 2.76. The Morgan fingerprint density at radius 1 is 1.08 bits per heavy atom. The van der Waals surface area contributed by atoms with E-state index < -0.39 is 6.09 Å². The first-order valence-electron chi connectivity index (χ1n) is 7.59. The first-order valence-corrected chi connectivity index (χ1v) is 7.59. The van der Waals surface area contributed by atoms with Crippen molar-refractivity contribution in [3.8, 4) is 11.5 Å². The molecule has 24 heavy (non-hydrogen) atoms. The molecule has 5 nitrogen and oxygen atoms in total. The molecule has 2 aromatic carbocycles. The normalized spacial score (nSPS) is 10.6. The maximum absolute atomic E-state index is 11.9. The zero-order valence-corrected chi connectivity index (χ0v) is 13.9. The third-order valence-electron chi connectivity index (χ3n) is 3.89. The molecule has 3 rings (SSSR count). The van der Waals surface area contributed by atoms with E-state index in [0.29, 0.717) is 18.1 Å². The van der Waals surface area contributed by atoms with Crippen LogP contribution in [0.2, 0.25) is 0 Å². The van der Waals surface area contributed by atoms with Crippen LogP contribution in [0.3, 0.4) is 0 Å². The van der Waals surface area contributed by atoms with Crippen molar-refractivity contribution < 1.29 is 19.0 Å². The highest BCUT2D eigenvalue weighted by molar-refractivity contribution is 5.97. The van der Waals surface area contributed by atoms with Crippen LogP contribution in [0, 0.1) is 6.92 Å². The SMILES string of the molecule is COC(=O)n1cc(C)c2c(OC)c(OCc3ccccc3)ccc21. The monoisotopic (exact) mass is 325 g/mol. The molecule has 0 bridgehead atoms. The first kappa shape index (κ1) is 15.9. The fourth-order valence-electron chi connectivity index (χ4n) is 2.76. The van der Waals surface area contributed by atoms with Gasteiger partial charge in [0.25, 0.3) is 0 Å². The molecule has 0 atom stereocenters. The van der Waals surface area contributed by atoms with Gasteiger partial charge in [0.2, 0.25) is 0 Å². The van der Waals surface area contributed by atoms with E-state index in [-0.39, 0.29) is 0 Å². The Bertz CT molecular complexity index is 868. The van der Waals surface area contributed by atoms with E-state index in [1.54, 1.807) is 13.3 Å². The average Bonchev–Trinajstić information content (AvgIpc) is 2.96. The number of carbonyl (C=O) groups is 1. The van der Waals surface area contributed by atoms with E-state index in [1.807, 2.05) is 49.4 Å². The van der Waals surface area contributed by atoms with Crippen molar-refractivity contribution in [1.82, 2.24) is 4.57 Å². The van der Waals surface area contributed by atoms with Gasteiger partial charge in [0.05, 0.1) is 19.7 Å². The van der Waals surface area contributed by atoms with Crippen LogP contribution in [0.25, 0.3) is 10.9 Å². The van der Waals surface area contributed by atoms with Crippen molar-refractivity contribution in [2.24, 2.45) is 0 Å². The zero-order chi connectivity index (χ0) is 17.1. The molecular weight excluding hydrogens is 306 g/mol. The molecular formula is C19H19NO4. The molecule has 0 fully saturated rings. The molecule has 0 saturated carbocycles. The predicted molar refractivity (Wildman–Crippen MR) is 91.8 cm³/mol. The zero-order valence-electron chi connectivity index (χ0n) is 13.9. The average molecular weight is 325 g/mol. The van der Waals surface area contributed by atoms with Gasteiger partial charge in [0.15, 0.2) is 11.5 Å². The smallest absolute Gasteiger partial charge is 0.418 e. The molecule has 0 aliphatic carbocycles. The summed E-state index contributed by atoms with van der Waals surface area (Å²) in [6, 6.07) is 13.6. The molecule has 124 valence electrons. The van der Waals surface area contributed by atoms with Crippen LogP contribution in [-0.4, -0.2) is 24.9 Å². The highest BCUT2D eigenvalue weighted by atomic mass is 16.5. The molecule has 0 amide bonds. The summed E-state index contributed by atoms with van der Waals surface area (Å²) < 4.78 is 17.8. The summed E-state index contributed by atoms with van der Waals surface area (Å²) >= 11 is 0. The minimum atomic E-state index is -0.437. The lowest BCUT2D eigenvalue weighted by Gasteiger charge is -2.13. The first-order chi connectivity index (χ1) is 11.7. The third kappa shape index (κ3) is 2.80. The maximum atomic E-state index is 11.9. The second-order valence-corrected chi connectivity index (χ2v) is 5.42. The number of benzene rings is 2. The Kier molecular flexibility index (Phi) is 4.42. The Hall–Kier alpha value is -2.95. The van der Waals surface area contributed by atoms with Gasteiger partial charge in [-0.05, 0) is 30.2 Å². The van der Waals surface area contributed by atoms with Crippen molar-refractivity contribution in [2.75, 3.05) is 14.2 Å². The molecule has 0 unspecified atom stereocenters. The Morgan fingerprint density at radius 3 is 2.50 bits per heavy atom. The summed E-state index contributed by atoms with van der Waals surface area (Å²) in [5.74, 6) is 1.25. The van der Waals surface area contributed by atoms with Crippen LogP contribution >= 0.6 is 0 Å². The maximum Gasteiger partial charge on any atom is 0.418 e. The minimum Gasteiger partial charge on any atom is -0.492 e. The van der Waals surface area contributed by atoms with Gasteiger partial charge >= 0.3 is 6.09 Å². The van der Waals surface area contributed by atoms with Crippen LogP contribution in [0.4, 0.5) is 4.79 Å². The van der Waals surface area contributed by atoms with Gasteiger partial charge in [-0.25, -0.2) is 4.79 Å². The van der Waals surface area contributed by atoms with Gasteiger partial charge in [-0.2, -0.15) is 0 Å². The largest absolute Gasteiger partial charge is 0.492 e. The number of hydrogen-bond donors (Lipinski definition) is 0. The second-order valence-electron chi connectivity index (χ2n) is 5.42. The predicted octanol–water partition coefficient (Wildman–Crippen LogP) is 4.15. The lowest BCUT2D eigenvalue weighted by atomic mass is 10.1. The number of fused-ring (bicyclic) bond motifs is 1. The molecule has 0 aliphatic rings. The van der Waals surface area contributed by atoms with Gasteiger partial charge in [0, 0.05) is 11.6 Å². The van der Waals surface area contributed by atoms with Gasteiger partial charge in [-0.1, -0.05) is 30.3 Å². The lowest BCUT2D eigenvalue weighted by Crippen LogP contribution is -2.09. The van der Waals surface area contributed by atoms with Gasteiger partial charge in [0.1, 0.15) is 6.61 Å². The minimum absolute atomic E-state index is 0.437. The number of nitrogens with zero attached hydrogens (tertiary/aromatic N) is 1. The number of ether oxygens (including phenoxy) is 3. The molecule has 0 aliphatic heterocycles. The van der Waals surface area contributed by atoms with Crippen LogP contribution in [0.15, 0.2) is 48.7 Å². The lowest BCUT2D eigenvalue weighted by molar-refractivity contribution is 0.174. The molecule has 5 heteroatoms. The highest BCUT2D eigenvalue weighted by Crippen LogP contribution is 2.38. The third-order valence-corrected chi connectivity index (χ3v) is 3.89. The summed E-state index contributed by atoms with van der Waals surface area (Å²) in [4.78, 5) is 11.9. The Morgan fingerprint density at radius 2 is 1.83 bits per heavy atom. The van der Waals surface area contributed by atoms with E-state index >= 15 is 0 Å². The molecule has 0 radical (unpaired) electrons. The van der Waals surface area contributed by atoms with Gasteiger partial charge in [-0.3, -0.25) is 4.57 Å². The molecule has 0 spiro atoms. The van der Waals surface area contributed by atoms with Crippen LogP contribution in [0.5, 0.6) is 11.5 Å². The molecule has 3 aromatic rings. The molecule has 0 saturated heterocycles. The summed E-state index contributed by atoms with van der Waals surface area (Å²) in [5, 5.41) is 0.841. The fraction of sp³-hybridized carbons (Fsp3) is 0.211. The topological polar surface area (TPSA) is 49.7 Å².